The third-order valence-electron chi connectivity index (χ3n) is 5.07. The molecule has 1 aliphatic heterocycles. The van der Waals surface area contributed by atoms with Crippen molar-refractivity contribution in [3.05, 3.63) is 83.5 Å². The molecule has 0 saturated carbocycles. The highest BCUT2D eigenvalue weighted by atomic mass is 32.2. The van der Waals surface area contributed by atoms with Crippen LogP contribution in [0.25, 0.3) is 0 Å². The van der Waals surface area contributed by atoms with Crippen LogP contribution in [0.5, 0.6) is 0 Å². The lowest BCUT2D eigenvalue weighted by atomic mass is 10.2. The van der Waals surface area contributed by atoms with E-state index in [1.165, 1.54) is 25.1 Å². The molecule has 2 amide bonds. The topological polar surface area (TPSA) is 148 Å². The first-order chi connectivity index (χ1) is 20.5. The highest BCUT2D eigenvalue weighted by Crippen LogP contribution is 2.06. The molecular formula is C31H49N5O5S. The number of hydrogen-bond donors (Lipinski definition) is 4. The van der Waals surface area contributed by atoms with Gasteiger partial charge in [0, 0.05) is 31.5 Å². The standard InChI is InChI=1S/C24H38N2O3.C4H5N3O.C3H6OS/c1-3-4-5-6-7-8-9-10-11-12-13-14-15-16-17-18-19-20-23(27)25-21-22-26-24(28)29-2;5-3-1-2-6-4(8)7-3;1-2-5-3-4-1/h4-5,7-8,10-11,13-14,16-17H,3,6,9,12,15,18-22H2,1-2H3,(H,25,27)(H,26,28);1-2H,(H3,5,6,7,8);1-3H2/b5-4-,8-7-,11-10-,14-13-,17-16-;;. The Morgan fingerprint density at radius 3 is 2.05 bits per heavy atom. The number of nitrogens with one attached hydrogen (secondary N) is 3. The van der Waals surface area contributed by atoms with Gasteiger partial charge in [-0.25, -0.2) is 14.6 Å². The molecule has 1 saturated heterocycles. The molecule has 0 atom stereocenters. The van der Waals surface area contributed by atoms with E-state index in [0.717, 1.165) is 57.5 Å². The van der Waals surface area contributed by atoms with Crippen LogP contribution in [0, 0.1) is 0 Å². The summed E-state index contributed by atoms with van der Waals surface area (Å²) in [6, 6.07) is 1.52. The van der Waals surface area contributed by atoms with Gasteiger partial charge in [0.1, 0.15) is 5.82 Å². The van der Waals surface area contributed by atoms with Gasteiger partial charge in [-0.15, -0.1) is 11.8 Å². The number of aromatic amines is 1. The lowest BCUT2D eigenvalue weighted by Crippen LogP contribution is -2.34. The number of aromatic nitrogens is 2. The number of anilines is 1. The van der Waals surface area contributed by atoms with Crippen molar-refractivity contribution in [1.82, 2.24) is 20.6 Å². The SMILES string of the molecule is C1CSCO1.CC/C=C\C/C=C\C/C=C\C/C=C\C/C=C\CCCC(=O)NCCNC(=O)OC.Nc1ccnc(=O)[nH]1. The Balaban J connectivity index is 0.00000103. The minimum atomic E-state index is -0.488. The molecule has 2 heterocycles. The summed E-state index contributed by atoms with van der Waals surface area (Å²) in [7, 11) is 1.31. The molecule has 11 heteroatoms. The van der Waals surface area contributed by atoms with Gasteiger partial charge in [0.05, 0.1) is 19.7 Å². The molecule has 0 bridgehead atoms. The smallest absolute Gasteiger partial charge is 0.406 e. The summed E-state index contributed by atoms with van der Waals surface area (Å²) in [5.74, 6) is 2.45. The molecule has 0 aliphatic carbocycles. The predicted octanol–water partition coefficient (Wildman–Crippen LogP) is 5.44. The predicted molar refractivity (Wildman–Crippen MR) is 174 cm³/mol. The van der Waals surface area contributed by atoms with Crippen LogP contribution in [0.1, 0.15) is 58.3 Å². The zero-order chi connectivity index (χ0) is 30.9. The zero-order valence-electron chi connectivity index (χ0n) is 25.1. The number of hydrogen-bond acceptors (Lipinski definition) is 8. The Labute approximate surface area is 255 Å². The van der Waals surface area contributed by atoms with E-state index < -0.39 is 11.8 Å². The zero-order valence-corrected chi connectivity index (χ0v) is 25.9. The Morgan fingerprint density at radius 2 is 1.60 bits per heavy atom. The summed E-state index contributed by atoms with van der Waals surface area (Å²) >= 11 is 1.85. The molecular weight excluding hydrogens is 554 g/mol. The number of rotatable bonds is 16. The lowest BCUT2D eigenvalue weighted by molar-refractivity contribution is -0.121. The second-order valence-electron chi connectivity index (χ2n) is 8.63. The van der Waals surface area contributed by atoms with Crippen molar-refractivity contribution in [2.24, 2.45) is 0 Å². The largest absolute Gasteiger partial charge is 0.453 e. The molecule has 0 unspecified atom stereocenters. The van der Waals surface area contributed by atoms with Crippen molar-refractivity contribution >= 4 is 29.6 Å². The number of thioether (sulfide) groups is 1. The fraction of sp³-hybridized carbons (Fsp3) is 0.484. The van der Waals surface area contributed by atoms with E-state index in [1.807, 2.05) is 11.8 Å². The number of carbonyl (C=O) groups is 2. The number of unbranched alkanes of at least 4 members (excludes halogenated alkanes) is 1. The Morgan fingerprint density at radius 1 is 1.00 bits per heavy atom. The third-order valence-corrected chi connectivity index (χ3v) is 5.86. The second kappa shape index (κ2) is 30.4. The number of ether oxygens (including phenoxy) is 2. The maximum atomic E-state index is 11.6. The van der Waals surface area contributed by atoms with Gasteiger partial charge in [-0.1, -0.05) is 67.7 Å². The summed E-state index contributed by atoms with van der Waals surface area (Å²) < 4.78 is 9.35. The van der Waals surface area contributed by atoms with E-state index in [2.05, 4.69) is 93.0 Å². The van der Waals surface area contributed by atoms with Crippen LogP contribution < -0.4 is 22.1 Å². The van der Waals surface area contributed by atoms with Crippen LogP contribution in [0.3, 0.4) is 0 Å². The van der Waals surface area contributed by atoms with Crippen molar-refractivity contribution in [3.8, 4) is 0 Å². The molecule has 10 nitrogen and oxygen atoms in total. The molecule has 1 fully saturated rings. The van der Waals surface area contributed by atoms with Gasteiger partial charge in [0.15, 0.2) is 0 Å². The van der Waals surface area contributed by atoms with Crippen LogP contribution in [-0.2, 0) is 14.3 Å². The van der Waals surface area contributed by atoms with Crippen molar-refractivity contribution < 1.29 is 19.1 Å². The number of methoxy groups -OCH3 is 1. The van der Waals surface area contributed by atoms with Crippen LogP contribution in [0.15, 0.2) is 77.8 Å². The van der Waals surface area contributed by atoms with Gasteiger partial charge in [-0.3, -0.25) is 9.78 Å². The molecule has 1 aromatic rings. The number of H-pyrrole nitrogens is 1. The fourth-order valence-corrected chi connectivity index (χ4v) is 3.54. The Kier molecular flexibility index (Phi) is 27.8. The van der Waals surface area contributed by atoms with E-state index in [1.54, 1.807) is 0 Å². The van der Waals surface area contributed by atoms with Crippen molar-refractivity contribution in [2.45, 2.75) is 58.3 Å². The minimum Gasteiger partial charge on any atom is -0.453 e. The van der Waals surface area contributed by atoms with Gasteiger partial charge in [0.25, 0.3) is 0 Å². The molecule has 1 aliphatic rings. The number of nitrogens with two attached hydrogens (primary N) is 1. The number of carbonyl (C=O) groups excluding carboxylic acids is 2. The molecule has 5 N–H and O–H groups in total. The highest BCUT2D eigenvalue weighted by Gasteiger charge is 2.00. The number of nitrogens with zero attached hydrogens (tertiary/aromatic N) is 1. The molecule has 0 aromatic carbocycles. The van der Waals surface area contributed by atoms with Gasteiger partial charge in [-0.05, 0) is 51.0 Å². The monoisotopic (exact) mass is 603 g/mol. The van der Waals surface area contributed by atoms with E-state index in [-0.39, 0.29) is 5.91 Å². The average molecular weight is 604 g/mol. The van der Waals surface area contributed by atoms with E-state index >= 15 is 0 Å². The summed E-state index contributed by atoms with van der Waals surface area (Å²) in [6.45, 7) is 3.89. The minimum absolute atomic E-state index is 0.00372. The van der Waals surface area contributed by atoms with Crippen LogP contribution >= 0.6 is 11.8 Å². The molecule has 0 radical (unpaired) electrons. The van der Waals surface area contributed by atoms with E-state index in [9.17, 15) is 14.4 Å². The molecule has 0 spiro atoms. The van der Waals surface area contributed by atoms with Crippen molar-refractivity contribution in [1.29, 1.82) is 0 Å². The van der Waals surface area contributed by atoms with Crippen molar-refractivity contribution in [2.75, 3.05) is 44.2 Å². The number of allylic oxidation sites excluding steroid dienone is 10. The maximum absolute atomic E-state index is 11.6. The average Bonchev–Trinajstić information content (AvgIpc) is 3.58. The quantitative estimate of drug-likeness (QED) is 0.144. The van der Waals surface area contributed by atoms with Crippen molar-refractivity contribution in [3.63, 3.8) is 0 Å². The summed E-state index contributed by atoms with van der Waals surface area (Å²) in [6.07, 6.45) is 29.8. The van der Waals surface area contributed by atoms with Crippen LogP contribution in [-0.4, -0.2) is 60.5 Å². The Hall–Kier alpha value is -3.57. The lowest BCUT2D eigenvalue weighted by Gasteiger charge is -2.05. The molecule has 234 valence electrons. The first-order valence-corrected chi connectivity index (χ1v) is 15.4. The van der Waals surface area contributed by atoms with Gasteiger partial charge in [0.2, 0.25) is 5.91 Å². The molecule has 2 rings (SSSR count). The number of nitrogen functional groups attached to an aromatic ring is 1. The summed E-state index contributed by atoms with van der Waals surface area (Å²) in [5.41, 5.74) is 4.75. The number of alkyl carbamates (subject to hydrolysis) is 1. The maximum Gasteiger partial charge on any atom is 0.406 e. The Bertz CT molecular complexity index is 1010. The highest BCUT2D eigenvalue weighted by molar-refractivity contribution is 7.99. The first-order valence-electron chi connectivity index (χ1n) is 14.3. The van der Waals surface area contributed by atoms with Gasteiger partial charge in [-0.2, -0.15) is 0 Å². The summed E-state index contributed by atoms with van der Waals surface area (Å²) in [4.78, 5) is 38.3. The normalized spacial score (nSPS) is 12.9. The second-order valence-corrected chi connectivity index (χ2v) is 9.69. The van der Waals surface area contributed by atoms with Crippen LogP contribution in [0.4, 0.5) is 10.6 Å². The number of amides is 2. The van der Waals surface area contributed by atoms with Gasteiger partial charge < -0.3 is 25.8 Å². The first kappa shape index (κ1) is 38.4. The van der Waals surface area contributed by atoms with E-state index in [0.29, 0.717) is 25.3 Å². The fourth-order valence-electron chi connectivity index (χ4n) is 2.95. The van der Waals surface area contributed by atoms with E-state index in [4.69, 9.17) is 10.5 Å². The molecule has 42 heavy (non-hydrogen) atoms. The molecule has 1 aromatic heterocycles. The summed E-state index contributed by atoms with van der Waals surface area (Å²) in [5, 5.41) is 5.27. The van der Waals surface area contributed by atoms with Gasteiger partial charge >= 0.3 is 11.8 Å². The van der Waals surface area contributed by atoms with Crippen LogP contribution in [0.2, 0.25) is 0 Å². The third kappa shape index (κ3) is 29.4.